The predicted octanol–water partition coefficient (Wildman–Crippen LogP) is 9.41. The number of aryl methyl sites for hydroxylation is 2. The Balaban J connectivity index is 1.69. The fourth-order valence-electron chi connectivity index (χ4n) is 5.59. The molecule has 0 fully saturated rings. The van der Waals surface area contributed by atoms with Crippen molar-refractivity contribution in [3.8, 4) is 0 Å². The summed E-state index contributed by atoms with van der Waals surface area (Å²) in [6.45, 7) is 3.78. The van der Waals surface area contributed by atoms with Crippen molar-refractivity contribution >= 4 is 20.4 Å². The Morgan fingerprint density at radius 1 is 0.581 bits per heavy atom. The van der Waals surface area contributed by atoms with Crippen LogP contribution in [0, 0.1) is 6.92 Å². The van der Waals surface area contributed by atoms with Crippen molar-refractivity contribution in [2.24, 2.45) is 0 Å². The second-order valence-corrected chi connectivity index (χ2v) is 17.1. The first kappa shape index (κ1) is 37.8. The summed E-state index contributed by atoms with van der Waals surface area (Å²) < 4.78 is 32.1. The predicted molar refractivity (Wildman–Crippen MR) is 184 cm³/mol. The minimum Gasteiger partial charge on any atom is -0.395 e. The largest absolute Gasteiger partial charge is 0.395 e. The van der Waals surface area contributed by atoms with Gasteiger partial charge in [-0.2, -0.15) is 8.42 Å². The van der Waals surface area contributed by atoms with Crippen LogP contribution in [0.15, 0.2) is 53.4 Å². The molecule has 7 heteroatoms. The van der Waals surface area contributed by atoms with E-state index in [1.165, 1.54) is 108 Å². The number of hydrogen-bond acceptors (Lipinski definition) is 5. The molecule has 2 N–H and O–H groups in total. The Bertz CT molecular complexity index is 1060. The summed E-state index contributed by atoms with van der Waals surface area (Å²) in [5.74, 6) is 0.762. The Kier molecular flexibility index (Phi) is 19.5. The van der Waals surface area contributed by atoms with E-state index in [0.717, 1.165) is 17.5 Å². The van der Waals surface area contributed by atoms with Gasteiger partial charge in [-0.05, 0) is 43.0 Å². The van der Waals surface area contributed by atoms with Gasteiger partial charge in [0, 0.05) is 17.3 Å². The molecule has 0 unspecified atom stereocenters. The molecular weight excluding hydrogens is 577 g/mol. The molecule has 246 valence electrons. The van der Waals surface area contributed by atoms with Gasteiger partial charge in [0.25, 0.3) is 0 Å². The maximum Gasteiger partial charge on any atom is 0.306 e. The van der Waals surface area contributed by atoms with Crippen molar-refractivity contribution in [2.45, 2.75) is 134 Å². The second-order valence-electron chi connectivity index (χ2n) is 12.2. The lowest BCUT2D eigenvalue weighted by atomic mass is 10.0. The van der Waals surface area contributed by atoms with E-state index in [-0.39, 0.29) is 29.6 Å². The summed E-state index contributed by atoms with van der Waals surface area (Å²) in [5, 5.41) is 19.6. The first-order valence-corrected chi connectivity index (χ1v) is 20.4. The fraction of sp³-hybridized carbons (Fsp3) is 0.667. The molecule has 0 spiro atoms. The van der Waals surface area contributed by atoms with Gasteiger partial charge in [-0.3, -0.25) is 0 Å². The number of unbranched alkanes of at least 4 members (excludes halogenated alkanes) is 15. The van der Waals surface area contributed by atoms with Gasteiger partial charge in [-0.1, -0.05) is 145 Å². The highest BCUT2D eigenvalue weighted by atomic mass is 32.3. The van der Waals surface area contributed by atoms with Crippen LogP contribution in [0.2, 0.25) is 0 Å². The van der Waals surface area contributed by atoms with E-state index in [2.05, 4.69) is 19.1 Å². The summed E-state index contributed by atoms with van der Waals surface area (Å²) in [7, 11) is -6.34. The van der Waals surface area contributed by atoms with Gasteiger partial charge < -0.3 is 10.2 Å². The van der Waals surface area contributed by atoms with Crippen LogP contribution in [-0.4, -0.2) is 43.4 Å². The van der Waals surface area contributed by atoms with E-state index in [0.29, 0.717) is 5.75 Å². The molecule has 2 aromatic carbocycles. The molecule has 0 saturated carbocycles. The number of aliphatic hydroxyl groups is 2. The van der Waals surface area contributed by atoms with Crippen LogP contribution in [0.3, 0.4) is 0 Å². The third kappa shape index (κ3) is 16.0. The van der Waals surface area contributed by atoms with Gasteiger partial charge in [0.1, 0.15) is 0 Å². The average Bonchev–Trinajstić information content (AvgIpc) is 2.98. The van der Waals surface area contributed by atoms with E-state index in [4.69, 9.17) is 3.63 Å². The third-order valence-electron chi connectivity index (χ3n) is 8.24. The summed E-state index contributed by atoms with van der Waals surface area (Å²) in [4.78, 5) is 0.0972. The standard InChI is InChI=1S/C36H60O5S2/c1-3-4-5-6-7-8-9-10-11-12-13-14-15-16-17-18-19-34-22-24-35(25-23-34)32-42(30-28-37,31-29-38)41-43(39,40)36-26-20-33(2)21-27-36/h20-27,37-38H,3-19,28-32H2,1-2H3. The van der Waals surface area contributed by atoms with Crippen LogP contribution in [0.4, 0.5) is 0 Å². The van der Waals surface area contributed by atoms with Crippen molar-refractivity contribution in [2.75, 3.05) is 24.7 Å². The number of aliphatic hydroxyl groups excluding tert-OH is 2. The highest BCUT2D eigenvalue weighted by Gasteiger charge is 2.32. The molecule has 0 aromatic heterocycles. The molecule has 2 aromatic rings. The quantitative estimate of drug-likeness (QED) is 0.101. The fourth-order valence-corrected chi connectivity index (χ4v) is 10.6. The van der Waals surface area contributed by atoms with Gasteiger partial charge in [-0.15, -0.1) is 10.3 Å². The maximum absolute atomic E-state index is 13.1. The van der Waals surface area contributed by atoms with Crippen LogP contribution in [-0.2, 0) is 25.9 Å². The molecule has 5 nitrogen and oxygen atoms in total. The normalized spacial score (nSPS) is 12.6. The van der Waals surface area contributed by atoms with Crippen molar-refractivity contribution < 1.29 is 22.3 Å². The highest BCUT2D eigenvalue weighted by molar-refractivity contribution is 8.32. The van der Waals surface area contributed by atoms with Crippen LogP contribution in [0.25, 0.3) is 0 Å². The van der Waals surface area contributed by atoms with E-state index in [1.807, 2.05) is 19.1 Å². The lowest BCUT2D eigenvalue weighted by Gasteiger charge is -2.37. The van der Waals surface area contributed by atoms with Crippen molar-refractivity contribution in [3.05, 3.63) is 65.2 Å². The van der Waals surface area contributed by atoms with Crippen LogP contribution in [0.5, 0.6) is 0 Å². The summed E-state index contributed by atoms with van der Waals surface area (Å²) >= 11 is 0. The zero-order valence-electron chi connectivity index (χ0n) is 27.1. The molecule has 0 heterocycles. The number of rotatable bonds is 26. The van der Waals surface area contributed by atoms with Gasteiger partial charge in [0.2, 0.25) is 0 Å². The van der Waals surface area contributed by atoms with E-state index >= 15 is 0 Å². The smallest absolute Gasteiger partial charge is 0.306 e. The first-order chi connectivity index (χ1) is 20.8. The molecule has 0 aliphatic rings. The Labute approximate surface area is 265 Å². The molecule has 0 amide bonds. The molecule has 0 aliphatic heterocycles. The van der Waals surface area contributed by atoms with Crippen molar-refractivity contribution in [1.29, 1.82) is 0 Å². The molecule has 0 bridgehead atoms. The second kappa shape index (κ2) is 22.2. The minimum absolute atomic E-state index is 0.0972. The third-order valence-corrected chi connectivity index (χ3v) is 13.7. The minimum atomic E-state index is -4.03. The van der Waals surface area contributed by atoms with Gasteiger partial charge in [0.15, 0.2) is 0 Å². The van der Waals surface area contributed by atoms with Crippen molar-refractivity contribution in [3.63, 3.8) is 0 Å². The topological polar surface area (TPSA) is 83.8 Å². The number of hydrogen-bond donors (Lipinski definition) is 2. The van der Waals surface area contributed by atoms with Crippen LogP contribution >= 0.6 is 10.3 Å². The molecule has 43 heavy (non-hydrogen) atoms. The highest BCUT2D eigenvalue weighted by Crippen LogP contribution is 2.54. The molecule has 0 atom stereocenters. The zero-order chi connectivity index (χ0) is 31.2. The average molecular weight is 637 g/mol. The van der Waals surface area contributed by atoms with Crippen LogP contribution < -0.4 is 0 Å². The Morgan fingerprint density at radius 3 is 1.44 bits per heavy atom. The summed E-state index contributed by atoms with van der Waals surface area (Å²) in [6, 6.07) is 14.9. The van der Waals surface area contributed by atoms with Crippen molar-refractivity contribution in [1.82, 2.24) is 0 Å². The maximum atomic E-state index is 13.1. The Hall–Kier alpha value is -1.38. The lowest BCUT2D eigenvalue weighted by Crippen LogP contribution is -2.23. The molecule has 0 radical (unpaired) electrons. The van der Waals surface area contributed by atoms with E-state index in [1.54, 1.807) is 24.3 Å². The molecule has 0 aliphatic carbocycles. The van der Waals surface area contributed by atoms with Gasteiger partial charge >= 0.3 is 10.1 Å². The molecule has 2 rings (SSSR count). The van der Waals surface area contributed by atoms with Gasteiger partial charge in [-0.25, -0.2) is 3.63 Å². The SMILES string of the molecule is CCCCCCCCCCCCCCCCCCc1ccc(CS(CCO)(CCO)OS(=O)(=O)c2ccc(C)cc2)cc1. The summed E-state index contributed by atoms with van der Waals surface area (Å²) in [6.07, 6.45) is 22.9. The first-order valence-electron chi connectivity index (χ1n) is 16.9. The zero-order valence-corrected chi connectivity index (χ0v) is 28.7. The monoisotopic (exact) mass is 636 g/mol. The lowest BCUT2D eigenvalue weighted by molar-refractivity contribution is 0.312. The van der Waals surface area contributed by atoms with Crippen LogP contribution in [0.1, 0.15) is 126 Å². The Morgan fingerprint density at radius 2 is 1.00 bits per heavy atom. The van der Waals surface area contributed by atoms with Gasteiger partial charge in [0.05, 0.1) is 18.1 Å². The van der Waals surface area contributed by atoms with E-state index in [9.17, 15) is 18.6 Å². The molecule has 0 saturated heterocycles. The van der Waals surface area contributed by atoms with E-state index < -0.39 is 20.4 Å². The molecular formula is C36H60O5S2. The number of benzene rings is 2. The summed E-state index contributed by atoms with van der Waals surface area (Å²) in [5.41, 5.74) is 3.21.